The number of nitrogens with zero attached hydrogens (tertiary/aromatic N) is 2. The van der Waals surface area contributed by atoms with Crippen molar-refractivity contribution in [2.75, 3.05) is 21.1 Å². The van der Waals surface area contributed by atoms with Gasteiger partial charge in [0, 0.05) is 12.0 Å². The van der Waals surface area contributed by atoms with Crippen molar-refractivity contribution in [3.05, 3.63) is 4.91 Å². The molecule has 0 bridgehead atoms. The van der Waals surface area contributed by atoms with Gasteiger partial charge in [-0.1, -0.05) is 60.6 Å². The predicted octanol–water partition coefficient (Wildman–Crippen LogP) is 8.54. The zero-order valence-corrected chi connectivity index (χ0v) is 29.1. The van der Waals surface area contributed by atoms with Gasteiger partial charge in [0.1, 0.15) is 0 Å². The zero-order chi connectivity index (χ0) is 30.2. The Balaban J connectivity index is 0.000000467. The lowest BCUT2D eigenvalue weighted by atomic mass is 9.41. The molecule has 2 N–H and O–H groups in total. The van der Waals surface area contributed by atoms with Crippen LogP contribution in [-0.2, 0) is 0 Å². The molecule has 5 rings (SSSR count). The van der Waals surface area contributed by atoms with Crippen LogP contribution >= 0.6 is 0 Å². The Labute approximate surface area is 244 Å². The van der Waals surface area contributed by atoms with E-state index in [0.29, 0.717) is 27.1 Å². The second kappa shape index (κ2) is 12.0. The minimum atomic E-state index is -0.389. The van der Waals surface area contributed by atoms with E-state index in [1.165, 1.54) is 44.9 Å². The second-order valence-corrected chi connectivity index (χ2v) is 15.9. The molecule has 4 nitrogen and oxygen atoms in total. The lowest BCUT2D eigenvalue weighted by Gasteiger charge is -2.64. The molecule has 0 aliphatic heterocycles. The van der Waals surface area contributed by atoms with Crippen LogP contribution in [0.4, 0.5) is 0 Å². The lowest BCUT2D eigenvalue weighted by Crippen LogP contribution is -2.87. The van der Waals surface area contributed by atoms with Crippen LogP contribution in [-0.4, -0.2) is 43.7 Å². The van der Waals surface area contributed by atoms with E-state index in [2.05, 4.69) is 71.2 Å². The van der Waals surface area contributed by atoms with Crippen LogP contribution in [0.2, 0.25) is 0 Å². The molecule has 39 heavy (non-hydrogen) atoms. The monoisotopic (exact) mass is 549 g/mol. The van der Waals surface area contributed by atoms with Gasteiger partial charge in [-0.3, -0.25) is 0 Å². The maximum absolute atomic E-state index is 9.58. The first-order valence-electron chi connectivity index (χ1n) is 16.9. The van der Waals surface area contributed by atoms with E-state index in [0.717, 1.165) is 29.8 Å². The standard InChI is InChI=1S/C27H48N2.C4H9NO.2C2H6/c1-18(28-6)19-11-13-25(5)21-10-9-20-23(2,3)22(29(7)8)12-14-26(20)17-27(21,26)16-15-24(19,25)4;1-4(2,3)5-6;2*1-2/h18-22,28H,9-17H2,1-8H3;1-3H3;2*1-2H3/p+1/t18?,19?,20?,21?,22?,24?,25-,26?,27?;;;/m0.../s1. The highest BCUT2D eigenvalue weighted by molar-refractivity contribution is 5.30. The molecule has 0 saturated heterocycles. The van der Waals surface area contributed by atoms with E-state index in [1.807, 2.05) is 27.7 Å². The van der Waals surface area contributed by atoms with Crippen molar-refractivity contribution in [3.8, 4) is 0 Å². The summed E-state index contributed by atoms with van der Waals surface area (Å²) in [4.78, 5) is 12.1. The summed E-state index contributed by atoms with van der Waals surface area (Å²) in [6.07, 6.45) is 13.6. The third-order valence-corrected chi connectivity index (χ3v) is 13.2. The number of quaternary nitrogens is 1. The van der Waals surface area contributed by atoms with Gasteiger partial charge in [0.2, 0.25) is 0 Å². The Morgan fingerprint density at radius 2 is 1.31 bits per heavy atom. The average Bonchev–Trinajstić information content (AvgIpc) is 3.47. The van der Waals surface area contributed by atoms with E-state index < -0.39 is 0 Å². The maximum Gasteiger partial charge on any atom is 0.0942 e. The number of fused-ring (bicyclic) bond motifs is 2. The van der Waals surface area contributed by atoms with Crippen LogP contribution in [0.15, 0.2) is 5.18 Å². The van der Waals surface area contributed by atoms with Gasteiger partial charge in [-0.25, -0.2) is 0 Å². The number of hydrogen-bond donors (Lipinski definition) is 1. The molecule has 5 fully saturated rings. The smallest absolute Gasteiger partial charge is 0.0942 e. The molecule has 4 heteroatoms. The molecule has 0 aromatic rings. The average molecular weight is 549 g/mol. The van der Waals surface area contributed by atoms with Crippen molar-refractivity contribution in [2.45, 2.75) is 158 Å². The summed E-state index contributed by atoms with van der Waals surface area (Å²) >= 11 is 0. The number of nitroso groups, excluding NO2 is 1. The molecule has 5 saturated carbocycles. The minimum Gasteiger partial charge on any atom is -0.346 e. The summed E-state index contributed by atoms with van der Waals surface area (Å²) in [5.74, 6) is 2.88. The minimum absolute atomic E-state index is 0.389. The molecule has 9 atom stereocenters. The fraction of sp³-hybridized carbons (Fsp3) is 1.00. The first-order valence-corrected chi connectivity index (χ1v) is 16.9. The quantitative estimate of drug-likeness (QED) is 0.359. The Morgan fingerprint density at radius 3 is 1.79 bits per heavy atom. The molecule has 0 aromatic carbocycles. The molecule has 8 unspecified atom stereocenters. The third-order valence-electron chi connectivity index (χ3n) is 13.2. The van der Waals surface area contributed by atoms with Gasteiger partial charge in [-0.15, -0.1) is 0 Å². The molecule has 5 aliphatic rings. The van der Waals surface area contributed by atoms with E-state index in [9.17, 15) is 4.91 Å². The van der Waals surface area contributed by atoms with Crippen LogP contribution < -0.4 is 5.32 Å². The molecule has 2 spiro atoms. The van der Waals surface area contributed by atoms with E-state index in [-0.39, 0.29) is 5.54 Å². The van der Waals surface area contributed by atoms with Gasteiger partial charge < -0.3 is 10.2 Å². The second-order valence-electron chi connectivity index (χ2n) is 15.9. The summed E-state index contributed by atoms with van der Waals surface area (Å²) < 4.78 is 0. The number of nitrogens with two attached hydrogens (primary N) is 1. The highest BCUT2D eigenvalue weighted by Crippen LogP contribution is 2.89. The third kappa shape index (κ3) is 5.30. The molecule has 0 radical (unpaired) electrons. The molecule has 0 amide bonds. The highest BCUT2D eigenvalue weighted by atomic mass is 16.3. The lowest BCUT2D eigenvalue weighted by molar-refractivity contribution is -0.669. The molecule has 0 heterocycles. The molecular formula is C35H70N3O+. The SMILES string of the molecule is CC.CC.CC(C)(C)N=O.C[NH2+]C(C)C1CC[C@@]2(C)C3CCC4C(C)(C)C(N(C)C)CCC45CC35CCC12C. The Hall–Kier alpha value is -0.480. The Kier molecular flexibility index (Phi) is 10.7. The van der Waals surface area contributed by atoms with Crippen LogP contribution in [0.5, 0.6) is 0 Å². The van der Waals surface area contributed by atoms with E-state index >= 15 is 0 Å². The van der Waals surface area contributed by atoms with E-state index in [4.69, 9.17) is 0 Å². The summed E-state index contributed by atoms with van der Waals surface area (Å²) in [6, 6.07) is 1.56. The van der Waals surface area contributed by atoms with Gasteiger partial charge in [0.25, 0.3) is 0 Å². The van der Waals surface area contributed by atoms with E-state index in [1.54, 1.807) is 33.6 Å². The van der Waals surface area contributed by atoms with Crippen LogP contribution in [0.25, 0.3) is 0 Å². The first-order chi connectivity index (χ1) is 18.1. The summed E-state index contributed by atoms with van der Waals surface area (Å²) in [6.45, 7) is 26.6. The molecular weight excluding hydrogens is 478 g/mol. The fourth-order valence-electron chi connectivity index (χ4n) is 11.4. The largest absolute Gasteiger partial charge is 0.346 e. The molecule has 230 valence electrons. The Morgan fingerprint density at radius 1 is 0.795 bits per heavy atom. The van der Waals surface area contributed by atoms with Crippen LogP contribution in [0, 0.1) is 49.7 Å². The van der Waals surface area contributed by atoms with Crippen LogP contribution in [0.3, 0.4) is 0 Å². The number of hydrogen-bond acceptors (Lipinski definition) is 3. The van der Waals surface area contributed by atoms with Gasteiger partial charge in [-0.05, 0) is 138 Å². The highest BCUT2D eigenvalue weighted by Gasteiger charge is 2.82. The van der Waals surface area contributed by atoms with Crippen molar-refractivity contribution >= 4 is 0 Å². The summed E-state index contributed by atoms with van der Waals surface area (Å²) in [7, 11) is 6.97. The normalized spacial score (nSPS) is 43.8. The van der Waals surface area contributed by atoms with Crippen molar-refractivity contribution in [1.29, 1.82) is 0 Å². The van der Waals surface area contributed by atoms with Crippen molar-refractivity contribution in [1.82, 2.24) is 4.90 Å². The zero-order valence-electron chi connectivity index (χ0n) is 29.1. The summed E-state index contributed by atoms with van der Waals surface area (Å²) in [5.41, 5.74) is 2.66. The van der Waals surface area contributed by atoms with Crippen molar-refractivity contribution in [3.63, 3.8) is 0 Å². The fourth-order valence-corrected chi connectivity index (χ4v) is 11.4. The van der Waals surface area contributed by atoms with Gasteiger partial charge in [-0.2, -0.15) is 4.91 Å². The maximum atomic E-state index is 9.58. The van der Waals surface area contributed by atoms with Gasteiger partial charge in [0.05, 0.1) is 18.6 Å². The van der Waals surface area contributed by atoms with Crippen molar-refractivity contribution < 1.29 is 5.32 Å². The Bertz CT molecular complexity index is 817. The topological polar surface area (TPSA) is 49.3 Å². The van der Waals surface area contributed by atoms with Gasteiger partial charge >= 0.3 is 0 Å². The van der Waals surface area contributed by atoms with Crippen LogP contribution in [0.1, 0.15) is 141 Å². The summed E-state index contributed by atoms with van der Waals surface area (Å²) in [5, 5.41) is 5.28. The first kappa shape index (κ1) is 34.7. The number of rotatable bonds is 3. The molecule has 0 aromatic heterocycles. The van der Waals surface area contributed by atoms with Crippen molar-refractivity contribution in [2.24, 2.45) is 50.0 Å². The predicted molar refractivity (Wildman–Crippen MR) is 170 cm³/mol. The molecule has 5 aliphatic carbocycles. The van der Waals surface area contributed by atoms with Gasteiger partial charge in [0.15, 0.2) is 0 Å².